The summed E-state index contributed by atoms with van der Waals surface area (Å²) < 4.78 is 1.04. The van der Waals surface area contributed by atoms with Crippen LogP contribution in [0.2, 0.25) is 0 Å². The molecule has 0 saturated carbocycles. The highest BCUT2D eigenvalue weighted by molar-refractivity contribution is 9.10. The Labute approximate surface area is 150 Å². The molecule has 0 aliphatic rings. The molecule has 0 spiro atoms. The van der Waals surface area contributed by atoms with E-state index in [1.165, 1.54) is 5.56 Å². The third kappa shape index (κ3) is 5.47. The number of hydrogen-bond acceptors (Lipinski definition) is 2. The summed E-state index contributed by atoms with van der Waals surface area (Å²) in [6.07, 6.45) is 0. The SMILES string of the molecule is CNC(=O)c1cccc(NC(=O)C[NH+](C)Cc2ccc(Br)cc2)c1. The molecular weight excluding hydrogens is 370 g/mol. The average molecular weight is 391 g/mol. The van der Waals surface area contributed by atoms with Crippen molar-refractivity contribution >= 4 is 33.4 Å². The number of halogens is 1. The number of carbonyl (C=O) groups is 2. The minimum Gasteiger partial charge on any atom is -0.355 e. The highest BCUT2D eigenvalue weighted by Crippen LogP contribution is 2.11. The van der Waals surface area contributed by atoms with Crippen LogP contribution in [0, 0.1) is 0 Å². The Morgan fingerprint density at radius 1 is 1.12 bits per heavy atom. The largest absolute Gasteiger partial charge is 0.355 e. The molecule has 5 nitrogen and oxygen atoms in total. The fourth-order valence-electron chi connectivity index (χ4n) is 2.38. The summed E-state index contributed by atoms with van der Waals surface area (Å²) >= 11 is 3.41. The topological polar surface area (TPSA) is 62.6 Å². The molecule has 0 heterocycles. The number of likely N-dealkylation sites (N-methyl/N-ethyl adjacent to an activating group) is 1. The molecule has 2 aromatic carbocycles. The van der Waals surface area contributed by atoms with E-state index in [4.69, 9.17) is 0 Å². The van der Waals surface area contributed by atoms with E-state index in [9.17, 15) is 9.59 Å². The maximum absolute atomic E-state index is 12.2. The van der Waals surface area contributed by atoms with Gasteiger partial charge in [0.05, 0.1) is 7.05 Å². The van der Waals surface area contributed by atoms with Gasteiger partial charge in [-0.1, -0.05) is 34.1 Å². The Hall–Kier alpha value is -2.18. The Bertz CT molecular complexity index is 716. The van der Waals surface area contributed by atoms with Gasteiger partial charge in [-0.3, -0.25) is 9.59 Å². The van der Waals surface area contributed by atoms with Crippen molar-refractivity contribution in [1.82, 2.24) is 5.32 Å². The first-order valence-electron chi connectivity index (χ1n) is 7.65. The number of amides is 2. The molecule has 2 rings (SSSR count). The second-order valence-corrected chi connectivity index (χ2v) is 6.56. The molecule has 1 atom stereocenters. The first-order valence-corrected chi connectivity index (χ1v) is 8.45. The van der Waals surface area contributed by atoms with Crippen LogP contribution in [0.5, 0.6) is 0 Å². The van der Waals surface area contributed by atoms with Crippen molar-refractivity contribution in [1.29, 1.82) is 0 Å². The van der Waals surface area contributed by atoms with Crippen LogP contribution in [-0.4, -0.2) is 32.5 Å². The Balaban J connectivity index is 1.90. The monoisotopic (exact) mass is 390 g/mol. The first-order chi connectivity index (χ1) is 11.5. The summed E-state index contributed by atoms with van der Waals surface area (Å²) in [5.41, 5.74) is 2.31. The zero-order valence-corrected chi connectivity index (χ0v) is 15.3. The number of nitrogens with one attached hydrogen (secondary N) is 3. The van der Waals surface area contributed by atoms with Crippen LogP contribution in [0.25, 0.3) is 0 Å². The molecule has 1 unspecified atom stereocenters. The fraction of sp³-hybridized carbons (Fsp3) is 0.222. The van der Waals surface area contributed by atoms with E-state index in [0.717, 1.165) is 15.9 Å². The fourth-order valence-corrected chi connectivity index (χ4v) is 2.64. The maximum Gasteiger partial charge on any atom is 0.279 e. The van der Waals surface area contributed by atoms with Gasteiger partial charge in [-0.15, -0.1) is 0 Å². The molecule has 0 aliphatic heterocycles. The third-order valence-electron chi connectivity index (χ3n) is 3.52. The smallest absolute Gasteiger partial charge is 0.279 e. The minimum atomic E-state index is -0.177. The van der Waals surface area contributed by atoms with Crippen LogP contribution in [0.1, 0.15) is 15.9 Å². The van der Waals surface area contributed by atoms with Gasteiger partial charge < -0.3 is 15.5 Å². The summed E-state index contributed by atoms with van der Waals surface area (Å²) in [5.74, 6) is -0.261. The third-order valence-corrected chi connectivity index (χ3v) is 4.05. The number of carbonyl (C=O) groups excluding carboxylic acids is 2. The second-order valence-electron chi connectivity index (χ2n) is 5.65. The van der Waals surface area contributed by atoms with E-state index in [1.54, 1.807) is 31.3 Å². The molecule has 126 valence electrons. The quantitative estimate of drug-likeness (QED) is 0.699. The van der Waals surface area contributed by atoms with Crippen molar-refractivity contribution in [2.45, 2.75) is 6.54 Å². The van der Waals surface area contributed by atoms with Crippen molar-refractivity contribution in [3.05, 3.63) is 64.1 Å². The molecule has 0 saturated heterocycles. The molecule has 0 aromatic heterocycles. The van der Waals surface area contributed by atoms with Gasteiger partial charge in [0.15, 0.2) is 6.54 Å². The second kappa shape index (κ2) is 8.61. The molecule has 0 aliphatic carbocycles. The molecule has 24 heavy (non-hydrogen) atoms. The molecule has 2 aromatic rings. The molecule has 0 fully saturated rings. The van der Waals surface area contributed by atoms with Crippen LogP contribution < -0.4 is 15.5 Å². The van der Waals surface area contributed by atoms with E-state index >= 15 is 0 Å². The van der Waals surface area contributed by atoms with Gasteiger partial charge in [-0.25, -0.2) is 0 Å². The first kappa shape index (κ1) is 18.2. The van der Waals surface area contributed by atoms with Crippen molar-refractivity contribution in [2.75, 3.05) is 26.0 Å². The Morgan fingerprint density at radius 2 is 1.83 bits per heavy atom. The molecular formula is C18H21BrN3O2+. The molecule has 3 N–H and O–H groups in total. The minimum absolute atomic E-state index is 0.0846. The molecule has 6 heteroatoms. The van der Waals surface area contributed by atoms with E-state index in [0.29, 0.717) is 17.8 Å². The van der Waals surface area contributed by atoms with Crippen molar-refractivity contribution in [3.63, 3.8) is 0 Å². The average Bonchev–Trinajstić information content (AvgIpc) is 2.56. The van der Waals surface area contributed by atoms with Crippen LogP contribution >= 0.6 is 15.9 Å². The molecule has 0 bridgehead atoms. The highest BCUT2D eigenvalue weighted by Gasteiger charge is 2.12. The Morgan fingerprint density at radius 3 is 2.50 bits per heavy atom. The number of rotatable bonds is 6. The van der Waals surface area contributed by atoms with Crippen LogP contribution in [0.4, 0.5) is 5.69 Å². The summed E-state index contributed by atoms with van der Waals surface area (Å²) in [5, 5.41) is 5.41. The summed E-state index contributed by atoms with van der Waals surface area (Å²) in [6.45, 7) is 1.11. The van der Waals surface area contributed by atoms with Gasteiger partial charge in [-0.2, -0.15) is 0 Å². The number of hydrogen-bond donors (Lipinski definition) is 3. The summed E-state index contributed by atoms with van der Waals surface area (Å²) in [4.78, 5) is 24.9. The van der Waals surface area contributed by atoms with Crippen LogP contribution in [-0.2, 0) is 11.3 Å². The maximum atomic E-state index is 12.2. The van der Waals surface area contributed by atoms with Gasteiger partial charge in [0, 0.05) is 28.3 Å². The number of quaternary nitrogens is 1. The lowest BCUT2D eigenvalue weighted by Crippen LogP contribution is -3.08. The van der Waals surface area contributed by atoms with Crippen LogP contribution in [0.15, 0.2) is 53.0 Å². The Kier molecular flexibility index (Phi) is 6.52. The molecule has 0 radical (unpaired) electrons. The van der Waals surface area contributed by atoms with E-state index in [1.807, 2.05) is 31.3 Å². The van der Waals surface area contributed by atoms with E-state index < -0.39 is 0 Å². The summed E-state index contributed by atoms with van der Waals surface area (Å²) in [7, 11) is 3.55. The summed E-state index contributed by atoms with van der Waals surface area (Å²) in [6, 6.07) is 15.0. The van der Waals surface area contributed by atoms with Gasteiger partial charge in [0.2, 0.25) is 0 Å². The van der Waals surface area contributed by atoms with Gasteiger partial charge in [0.25, 0.3) is 11.8 Å². The lowest BCUT2D eigenvalue weighted by atomic mass is 10.2. The zero-order chi connectivity index (χ0) is 17.5. The molecule has 2 amide bonds. The van der Waals surface area contributed by atoms with Crippen LogP contribution in [0.3, 0.4) is 0 Å². The predicted molar refractivity (Wildman–Crippen MR) is 98.1 cm³/mol. The van der Waals surface area contributed by atoms with E-state index in [-0.39, 0.29) is 11.8 Å². The van der Waals surface area contributed by atoms with E-state index in [2.05, 4.69) is 26.6 Å². The number of benzene rings is 2. The highest BCUT2D eigenvalue weighted by atomic mass is 79.9. The normalized spacial score (nSPS) is 11.6. The van der Waals surface area contributed by atoms with Crippen molar-refractivity contribution in [2.24, 2.45) is 0 Å². The zero-order valence-electron chi connectivity index (χ0n) is 13.7. The predicted octanol–water partition coefficient (Wildman–Crippen LogP) is 1.46. The standard InChI is InChI=1S/C18H20BrN3O2/c1-20-18(24)14-4-3-5-16(10-14)21-17(23)12-22(2)11-13-6-8-15(19)9-7-13/h3-10H,11-12H2,1-2H3,(H,20,24)(H,21,23)/p+1. The lowest BCUT2D eigenvalue weighted by Gasteiger charge is -2.14. The van der Waals surface area contributed by atoms with Gasteiger partial charge in [0.1, 0.15) is 6.54 Å². The number of anilines is 1. The lowest BCUT2D eigenvalue weighted by molar-refractivity contribution is -0.885. The van der Waals surface area contributed by atoms with Crippen molar-refractivity contribution in [3.8, 4) is 0 Å². The van der Waals surface area contributed by atoms with Crippen molar-refractivity contribution < 1.29 is 14.5 Å². The van der Waals surface area contributed by atoms with Gasteiger partial charge in [-0.05, 0) is 30.3 Å². The van der Waals surface area contributed by atoms with Gasteiger partial charge >= 0.3 is 0 Å².